The van der Waals surface area contributed by atoms with Gasteiger partial charge in [-0.25, -0.2) is 0 Å². The monoisotopic (exact) mass is 290 g/mol. The number of para-hydroxylation sites is 1. The molecule has 1 heterocycles. The zero-order valence-corrected chi connectivity index (χ0v) is 13.5. The van der Waals surface area contributed by atoms with Gasteiger partial charge in [-0.2, -0.15) is 0 Å². The summed E-state index contributed by atoms with van der Waals surface area (Å²) in [5.41, 5.74) is 2.24. The van der Waals surface area contributed by atoms with Crippen LogP contribution >= 0.6 is 0 Å². The van der Waals surface area contributed by atoms with Crippen molar-refractivity contribution in [3.8, 4) is 0 Å². The van der Waals surface area contributed by atoms with Crippen molar-refractivity contribution in [1.29, 1.82) is 0 Å². The highest BCUT2D eigenvalue weighted by molar-refractivity contribution is 5.82. The van der Waals surface area contributed by atoms with E-state index in [9.17, 15) is 0 Å². The van der Waals surface area contributed by atoms with E-state index in [1.54, 1.807) is 7.11 Å². The molecule has 2 rings (SSSR count). The molecule has 0 aliphatic carbocycles. The third-order valence-corrected chi connectivity index (χ3v) is 3.56. The van der Waals surface area contributed by atoms with Gasteiger partial charge in [0.2, 0.25) is 0 Å². The molecule has 1 N–H and O–H groups in total. The smallest absolute Gasteiger partial charge is 0.134 e. The highest BCUT2D eigenvalue weighted by Gasteiger charge is 2.15. The Hall–Kier alpha value is -1.36. The Balaban J connectivity index is 2.22. The van der Waals surface area contributed by atoms with Crippen LogP contribution in [0.5, 0.6) is 0 Å². The van der Waals surface area contributed by atoms with E-state index < -0.39 is 0 Å². The summed E-state index contributed by atoms with van der Waals surface area (Å²) in [5.74, 6) is 1.04. The third kappa shape index (κ3) is 4.30. The summed E-state index contributed by atoms with van der Waals surface area (Å²) >= 11 is 0. The van der Waals surface area contributed by atoms with Crippen LogP contribution in [0.3, 0.4) is 0 Å². The van der Waals surface area contributed by atoms with Gasteiger partial charge < -0.3 is 14.5 Å². The standard InChI is InChI=1S/C17H26N2O2/c1-13(2)18-11-17-15(12-19(3)9-10-20-4)14-7-5-6-8-16(14)21-17/h5-8,13,18H,9-12H2,1-4H3. The van der Waals surface area contributed by atoms with Crippen LogP contribution in [0.1, 0.15) is 25.2 Å². The van der Waals surface area contributed by atoms with Gasteiger partial charge >= 0.3 is 0 Å². The van der Waals surface area contributed by atoms with Crippen molar-refractivity contribution in [2.75, 3.05) is 27.3 Å². The van der Waals surface area contributed by atoms with Gasteiger partial charge in [-0.1, -0.05) is 32.0 Å². The largest absolute Gasteiger partial charge is 0.459 e. The zero-order chi connectivity index (χ0) is 15.2. The molecule has 0 unspecified atom stereocenters. The van der Waals surface area contributed by atoms with Crippen molar-refractivity contribution in [3.05, 3.63) is 35.6 Å². The second-order valence-corrected chi connectivity index (χ2v) is 5.77. The predicted octanol–water partition coefficient (Wildman–Crippen LogP) is 3.01. The van der Waals surface area contributed by atoms with E-state index in [0.29, 0.717) is 6.04 Å². The lowest BCUT2D eigenvalue weighted by atomic mass is 10.1. The van der Waals surface area contributed by atoms with Gasteiger partial charge in [0.05, 0.1) is 13.2 Å². The number of nitrogens with one attached hydrogen (secondary N) is 1. The first kappa shape index (κ1) is 16.0. The number of methoxy groups -OCH3 is 1. The average Bonchev–Trinajstić information content (AvgIpc) is 2.81. The first-order valence-corrected chi connectivity index (χ1v) is 7.52. The Labute approximate surface area is 127 Å². The summed E-state index contributed by atoms with van der Waals surface area (Å²) in [6.07, 6.45) is 0. The van der Waals surface area contributed by atoms with E-state index >= 15 is 0 Å². The van der Waals surface area contributed by atoms with Crippen LogP contribution < -0.4 is 5.32 Å². The van der Waals surface area contributed by atoms with E-state index in [0.717, 1.165) is 37.6 Å². The summed E-state index contributed by atoms with van der Waals surface area (Å²) in [6.45, 7) is 7.58. The molecule has 0 aliphatic rings. The van der Waals surface area contributed by atoms with Gasteiger partial charge in [0.15, 0.2) is 0 Å². The molecule has 0 bridgehead atoms. The topological polar surface area (TPSA) is 37.6 Å². The lowest BCUT2D eigenvalue weighted by Crippen LogP contribution is -2.25. The van der Waals surface area contributed by atoms with Gasteiger partial charge in [-0.15, -0.1) is 0 Å². The minimum atomic E-state index is 0.442. The van der Waals surface area contributed by atoms with E-state index in [-0.39, 0.29) is 0 Å². The maximum absolute atomic E-state index is 6.03. The van der Waals surface area contributed by atoms with E-state index in [1.807, 2.05) is 12.1 Å². The van der Waals surface area contributed by atoms with E-state index in [1.165, 1.54) is 10.9 Å². The lowest BCUT2D eigenvalue weighted by Gasteiger charge is -2.16. The Kier molecular flexibility index (Phi) is 5.79. The molecule has 0 fully saturated rings. The third-order valence-electron chi connectivity index (χ3n) is 3.56. The molecule has 4 nitrogen and oxygen atoms in total. The molecular weight excluding hydrogens is 264 g/mol. The second kappa shape index (κ2) is 7.59. The van der Waals surface area contributed by atoms with Gasteiger partial charge in [-0.05, 0) is 13.1 Å². The quantitative estimate of drug-likeness (QED) is 0.811. The van der Waals surface area contributed by atoms with Crippen molar-refractivity contribution >= 4 is 11.0 Å². The summed E-state index contributed by atoms with van der Waals surface area (Å²) in [6, 6.07) is 8.70. The molecular formula is C17H26N2O2. The van der Waals surface area contributed by atoms with Crippen LogP contribution in [0.15, 0.2) is 28.7 Å². The van der Waals surface area contributed by atoms with Gasteiger partial charge in [0.25, 0.3) is 0 Å². The molecule has 0 amide bonds. The fraction of sp³-hybridized carbons (Fsp3) is 0.529. The number of fused-ring (bicyclic) bond motifs is 1. The Morgan fingerprint density at radius 3 is 2.76 bits per heavy atom. The zero-order valence-electron chi connectivity index (χ0n) is 13.5. The number of rotatable bonds is 8. The Morgan fingerprint density at radius 1 is 1.29 bits per heavy atom. The van der Waals surface area contributed by atoms with Gasteiger partial charge in [0, 0.05) is 37.2 Å². The predicted molar refractivity (Wildman–Crippen MR) is 86.4 cm³/mol. The summed E-state index contributed by atoms with van der Waals surface area (Å²) < 4.78 is 11.2. The maximum Gasteiger partial charge on any atom is 0.134 e. The van der Waals surface area contributed by atoms with Crippen molar-refractivity contribution in [2.45, 2.75) is 33.0 Å². The molecule has 4 heteroatoms. The average molecular weight is 290 g/mol. The number of nitrogens with zero attached hydrogens (tertiary/aromatic N) is 1. The minimum Gasteiger partial charge on any atom is -0.459 e. The number of hydrogen-bond acceptors (Lipinski definition) is 4. The molecule has 0 saturated carbocycles. The highest BCUT2D eigenvalue weighted by atomic mass is 16.5. The fourth-order valence-electron chi connectivity index (χ4n) is 2.36. The molecule has 0 aliphatic heterocycles. The minimum absolute atomic E-state index is 0.442. The van der Waals surface area contributed by atoms with E-state index in [4.69, 9.17) is 9.15 Å². The van der Waals surface area contributed by atoms with Crippen LogP contribution in [0.2, 0.25) is 0 Å². The number of ether oxygens (including phenoxy) is 1. The van der Waals surface area contributed by atoms with Crippen molar-refractivity contribution in [1.82, 2.24) is 10.2 Å². The molecule has 0 saturated heterocycles. The maximum atomic E-state index is 6.03. The molecule has 2 aromatic rings. The Bertz CT molecular complexity index is 563. The molecule has 21 heavy (non-hydrogen) atoms. The van der Waals surface area contributed by atoms with Crippen molar-refractivity contribution in [3.63, 3.8) is 0 Å². The normalized spacial score (nSPS) is 11.9. The van der Waals surface area contributed by atoms with Crippen LogP contribution in [0.25, 0.3) is 11.0 Å². The molecule has 116 valence electrons. The van der Waals surface area contributed by atoms with E-state index in [2.05, 4.69) is 43.2 Å². The van der Waals surface area contributed by atoms with Crippen LogP contribution in [0, 0.1) is 0 Å². The number of likely N-dealkylation sites (N-methyl/N-ethyl adjacent to an activating group) is 1. The number of hydrogen-bond donors (Lipinski definition) is 1. The molecule has 1 aromatic heterocycles. The van der Waals surface area contributed by atoms with Crippen LogP contribution in [-0.4, -0.2) is 38.3 Å². The number of furan rings is 1. The SMILES string of the molecule is COCCN(C)Cc1c(CNC(C)C)oc2ccccc12. The second-order valence-electron chi connectivity index (χ2n) is 5.77. The summed E-state index contributed by atoms with van der Waals surface area (Å²) in [5, 5.41) is 4.65. The molecule has 1 aromatic carbocycles. The Morgan fingerprint density at radius 2 is 2.05 bits per heavy atom. The van der Waals surface area contributed by atoms with Gasteiger partial charge in [-0.3, -0.25) is 4.90 Å². The lowest BCUT2D eigenvalue weighted by molar-refractivity contribution is 0.158. The van der Waals surface area contributed by atoms with Gasteiger partial charge in [0.1, 0.15) is 11.3 Å². The van der Waals surface area contributed by atoms with Crippen LogP contribution in [0.4, 0.5) is 0 Å². The first-order valence-electron chi connectivity index (χ1n) is 7.52. The molecule has 0 spiro atoms. The molecule has 0 atom stereocenters. The molecule has 0 radical (unpaired) electrons. The fourth-order valence-corrected chi connectivity index (χ4v) is 2.36. The first-order chi connectivity index (χ1) is 10.1. The van der Waals surface area contributed by atoms with Crippen LogP contribution in [-0.2, 0) is 17.8 Å². The van der Waals surface area contributed by atoms with Crippen molar-refractivity contribution < 1.29 is 9.15 Å². The number of benzene rings is 1. The summed E-state index contributed by atoms with van der Waals surface area (Å²) in [4.78, 5) is 2.26. The van der Waals surface area contributed by atoms with Crippen molar-refractivity contribution in [2.24, 2.45) is 0 Å². The highest BCUT2D eigenvalue weighted by Crippen LogP contribution is 2.27. The summed E-state index contributed by atoms with van der Waals surface area (Å²) in [7, 11) is 3.85.